The highest BCUT2D eigenvalue weighted by molar-refractivity contribution is 5.87. The summed E-state index contributed by atoms with van der Waals surface area (Å²) < 4.78 is 16.0. The quantitative estimate of drug-likeness (QED) is 0.248. The summed E-state index contributed by atoms with van der Waals surface area (Å²) in [5, 5.41) is 9.82. The Morgan fingerprint density at radius 3 is 2.13 bits per heavy atom. The first-order chi connectivity index (χ1) is 10.3. The molecular weight excluding hydrogens is 413 g/mol. The van der Waals surface area contributed by atoms with Gasteiger partial charge in [-0.15, -0.1) is 0 Å². The molecule has 1 rings (SSSR count). The topological polar surface area (TPSA) is 65.0 Å². The number of rotatable bonds is 7. The molecule has 0 aliphatic rings. The normalized spacial score (nSPS) is 11.0. The molecule has 0 heterocycles. The Labute approximate surface area is 154 Å². The molecule has 0 saturated carbocycles. The highest BCUT2D eigenvalue weighted by Gasteiger charge is 2.11. The molecule has 0 bridgehead atoms. The van der Waals surface area contributed by atoms with E-state index < -0.39 is 5.97 Å². The van der Waals surface area contributed by atoms with Gasteiger partial charge in [-0.3, -0.25) is 0 Å². The number of hydrogen-bond acceptors (Lipinski definition) is 5. The van der Waals surface area contributed by atoms with Crippen molar-refractivity contribution in [2.75, 3.05) is 48.5 Å². The number of ether oxygens (including phenoxy) is 3. The van der Waals surface area contributed by atoms with Crippen molar-refractivity contribution < 1.29 is 52.6 Å². The second-order valence-corrected chi connectivity index (χ2v) is 5.79. The first-order valence-electron chi connectivity index (χ1n) is 6.87. The predicted molar refractivity (Wildman–Crippen MR) is 84.1 cm³/mol. The molecule has 0 aliphatic heterocycles. The number of methoxy groups -OCH3 is 2. The number of esters is 1. The van der Waals surface area contributed by atoms with Crippen LogP contribution in [0, 0.1) is 0 Å². The van der Waals surface area contributed by atoms with Crippen LogP contribution in [0.5, 0.6) is 17.2 Å². The molecule has 1 aromatic carbocycles. The van der Waals surface area contributed by atoms with Crippen LogP contribution in [0.15, 0.2) is 18.2 Å². The molecule has 1 N–H and O–H groups in total. The molecule has 0 aromatic heterocycles. The van der Waals surface area contributed by atoms with Crippen LogP contribution in [0.3, 0.4) is 0 Å². The fraction of sp³-hybridized carbons (Fsp3) is 0.438. The summed E-state index contributed by atoms with van der Waals surface area (Å²) in [6.45, 7) is 1.09. The van der Waals surface area contributed by atoms with Gasteiger partial charge in [0.15, 0.2) is 11.5 Å². The minimum absolute atomic E-state index is 0. The Kier molecular flexibility index (Phi) is 8.99. The van der Waals surface area contributed by atoms with Crippen LogP contribution >= 0.6 is 0 Å². The van der Waals surface area contributed by atoms with Crippen molar-refractivity contribution in [3.63, 3.8) is 0 Å². The molecule has 130 valence electrons. The monoisotopic (exact) mass is 437 g/mol. The van der Waals surface area contributed by atoms with Crippen molar-refractivity contribution >= 4 is 12.0 Å². The predicted octanol–water partition coefficient (Wildman–Crippen LogP) is -1.32. The molecule has 0 spiro atoms. The fourth-order valence-corrected chi connectivity index (χ4v) is 1.64. The third kappa shape index (κ3) is 7.56. The van der Waals surface area contributed by atoms with Crippen LogP contribution in [0.25, 0.3) is 6.08 Å². The number of carbonyl (C=O) groups is 1. The number of phenolic OH excluding ortho intramolecular Hbond substituents is 1. The number of hydrogen-bond donors (Lipinski definition) is 1. The number of nitrogens with zero attached hydrogens (tertiary/aromatic N) is 1. The zero-order valence-electron chi connectivity index (χ0n) is 14.1. The van der Waals surface area contributed by atoms with E-state index in [1.165, 1.54) is 20.3 Å². The van der Waals surface area contributed by atoms with E-state index in [1.807, 2.05) is 21.1 Å². The van der Waals surface area contributed by atoms with Gasteiger partial charge in [0.1, 0.15) is 13.2 Å². The van der Waals surface area contributed by atoms with Gasteiger partial charge in [-0.25, -0.2) is 4.79 Å². The number of carbonyl (C=O) groups excluding carboxylic acids is 1. The molecule has 0 amide bonds. The van der Waals surface area contributed by atoms with Gasteiger partial charge in [-0.2, -0.15) is 0 Å². The molecule has 0 saturated heterocycles. The summed E-state index contributed by atoms with van der Waals surface area (Å²) in [5.74, 6) is 0.0573. The van der Waals surface area contributed by atoms with E-state index >= 15 is 0 Å². The van der Waals surface area contributed by atoms with Crippen LogP contribution < -0.4 is 33.5 Å². The van der Waals surface area contributed by atoms with Crippen molar-refractivity contribution in [1.29, 1.82) is 0 Å². The lowest BCUT2D eigenvalue weighted by Gasteiger charge is -2.23. The number of quaternary nitrogens is 1. The van der Waals surface area contributed by atoms with Gasteiger partial charge in [-0.05, 0) is 23.8 Å². The van der Waals surface area contributed by atoms with Crippen molar-refractivity contribution in [2.45, 2.75) is 0 Å². The van der Waals surface area contributed by atoms with Gasteiger partial charge >= 0.3 is 5.97 Å². The van der Waals surface area contributed by atoms with E-state index in [9.17, 15) is 9.90 Å². The average Bonchev–Trinajstić information content (AvgIpc) is 2.44. The number of likely N-dealkylation sites (N-methyl/N-ethyl adjacent to an activating group) is 1. The zero-order chi connectivity index (χ0) is 16.8. The van der Waals surface area contributed by atoms with E-state index in [0.29, 0.717) is 12.2 Å². The summed E-state index contributed by atoms with van der Waals surface area (Å²) in [7, 11) is 8.97. The van der Waals surface area contributed by atoms with E-state index in [-0.39, 0.29) is 41.2 Å². The molecular formula is C16H24INO5. The number of phenols is 1. The van der Waals surface area contributed by atoms with Crippen LogP contribution in [0.4, 0.5) is 0 Å². The van der Waals surface area contributed by atoms with Gasteiger partial charge in [0.2, 0.25) is 5.75 Å². The Hall–Kier alpha value is -1.48. The molecule has 0 radical (unpaired) electrons. The smallest absolute Gasteiger partial charge is 0.330 e. The van der Waals surface area contributed by atoms with E-state index in [4.69, 9.17) is 14.2 Å². The summed E-state index contributed by atoms with van der Waals surface area (Å²) >= 11 is 0. The SMILES string of the molecule is COc1cc(/C=C/C(=O)OCC[N+](C)(C)C)cc(OC)c1O.[I-]. The molecule has 23 heavy (non-hydrogen) atoms. The lowest BCUT2D eigenvalue weighted by molar-refractivity contribution is -0.870. The van der Waals surface area contributed by atoms with Crippen molar-refractivity contribution in [3.05, 3.63) is 23.8 Å². The maximum Gasteiger partial charge on any atom is 0.330 e. The van der Waals surface area contributed by atoms with Crippen molar-refractivity contribution in [3.8, 4) is 17.2 Å². The first kappa shape index (κ1) is 21.5. The summed E-state index contributed by atoms with van der Waals surface area (Å²) in [4.78, 5) is 11.7. The molecule has 7 heteroatoms. The summed E-state index contributed by atoms with van der Waals surface area (Å²) in [5.41, 5.74) is 0.662. The molecule has 1 aromatic rings. The molecule has 6 nitrogen and oxygen atoms in total. The summed E-state index contributed by atoms with van der Waals surface area (Å²) in [6.07, 6.45) is 2.92. The van der Waals surface area contributed by atoms with Gasteiger partial charge < -0.3 is 47.8 Å². The lowest BCUT2D eigenvalue weighted by Crippen LogP contribution is -3.00. The molecule has 0 atom stereocenters. The first-order valence-corrected chi connectivity index (χ1v) is 6.87. The molecule has 0 aliphatic carbocycles. The van der Waals surface area contributed by atoms with Crippen LogP contribution in [-0.2, 0) is 9.53 Å². The molecule has 0 fully saturated rings. The minimum Gasteiger partial charge on any atom is -1.00 e. The van der Waals surface area contributed by atoms with E-state index in [2.05, 4.69) is 0 Å². The summed E-state index contributed by atoms with van der Waals surface area (Å²) in [6, 6.07) is 3.21. The Morgan fingerprint density at radius 1 is 1.17 bits per heavy atom. The van der Waals surface area contributed by atoms with Crippen molar-refractivity contribution in [1.82, 2.24) is 0 Å². The molecule has 0 unspecified atom stereocenters. The third-order valence-corrected chi connectivity index (χ3v) is 2.92. The number of halogens is 1. The van der Waals surface area contributed by atoms with E-state index in [1.54, 1.807) is 18.2 Å². The second kappa shape index (κ2) is 9.61. The van der Waals surface area contributed by atoms with Gasteiger partial charge in [0, 0.05) is 6.08 Å². The standard InChI is InChI=1S/C16H23NO5.HI/c1-17(2,3)8-9-22-15(18)7-6-12-10-13(20-4)16(19)14(11-12)21-5;/h6-7,10-11H,8-9H2,1-5H3;1H. The highest BCUT2D eigenvalue weighted by atomic mass is 127. The Balaban J connectivity index is 0.00000484. The van der Waals surface area contributed by atoms with Gasteiger partial charge in [0.05, 0.1) is 35.4 Å². The average molecular weight is 437 g/mol. The Morgan fingerprint density at radius 2 is 1.70 bits per heavy atom. The fourth-order valence-electron chi connectivity index (χ4n) is 1.64. The van der Waals surface area contributed by atoms with Crippen LogP contribution in [0.2, 0.25) is 0 Å². The third-order valence-electron chi connectivity index (χ3n) is 2.92. The zero-order valence-corrected chi connectivity index (χ0v) is 16.3. The highest BCUT2D eigenvalue weighted by Crippen LogP contribution is 2.37. The minimum atomic E-state index is -0.417. The second-order valence-electron chi connectivity index (χ2n) is 5.79. The lowest BCUT2D eigenvalue weighted by atomic mass is 10.1. The van der Waals surface area contributed by atoms with Gasteiger partial charge in [-0.1, -0.05) is 0 Å². The number of aromatic hydroxyl groups is 1. The maximum absolute atomic E-state index is 11.7. The Bertz CT molecular complexity index is 527. The van der Waals surface area contributed by atoms with Crippen molar-refractivity contribution in [2.24, 2.45) is 0 Å². The number of benzene rings is 1. The largest absolute Gasteiger partial charge is 1.00 e. The maximum atomic E-state index is 11.7. The van der Waals surface area contributed by atoms with E-state index in [0.717, 1.165) is 11.0 Å². The van der Waals surface area contributed by atoms with Crippen LogP contribution in [0.1, 0.15) is 5.56 Å². The van der Waals surface area contributed by atoms with Gasteiger partial charge in [0.25, 0.3) is 0 Å². The van der Waals surface area contributed by atoms with Crippen LogP contribution in [-0.4, -0.2) is 64.1 Å².